The summed E-state index contributed by atoms with van der Waals surface area (Å²) in [6.07, 6.45) is 86.8. The number of esters is 2. The number of nitrogens with zero attached hydrogens (tertiary/aromatic N) is 1. The second-order valence-corrected chi connectivity index (χ2v) is 22.0. The fraction of sp³-hybridized carbons (Fsp3) is 0.625. The lowest BCUT2D eigenvalue weighted by Crippen LogP contribution is -2.40. The minimum Gasteiger partial charge on any atom is -0.477 e. The first-order valence-electron chi connectivity index (χ1n) is 32.0. The van der Waals surface area contributed by atoms with Gasteiger partial charge < -0.3 is 28.5 Å². The van der Waals surface area contributed by atoms with Crippen molar-refractivity contribution in [1.29, 1.82) is 0 Å². The van der Waals surface area contributed by atoms with Gasteiger partial charge in [0, 0.05) is 12.8 Å². The smallest absolute Gasteiger partial charge is 0.361 e. The molecule has 0 aliphatic carbocycles. The molecule has 0 radical (unpaired) electrons. The van der Waals surface area contributed by atoms with Gasteiger partial charge in [-0.3, -0.25) is 9.59 Å². The topological polar surface area (TPSA) is 108 Å². The van der Waals surface area contributed by atoms with E-state index in [4.69, 9.17) is 18.9 Å². The van der Waals surface area contributed by atoms with Crippen LogP contribution in [0.25, 0.3) is 0 Å². The Morgan fingerprint density at radius 1 is 0.370 bits per heavy atom. The number of carboxylic acid groups (broad SMARTS) is 1. The van der Waals surface area contributed by atoms with Gasteiger partial charge in [0.15, 0.2) is 6.10 Å². The van der Waals surface area contributed by atoms with E-state index < -0.39 is 30.3 Å². The summed E-state index contributed by atoms with van der Waals surface area (Å²) in [5.41, 5.74) is 0. The number of carbonyl (C=O) groups excluding carboxylic acids is 2. The SMILES string of the molecule is CC/C=C\C/C=C\C/C=C\C/C=C\C/C=C\C/C=C\CCCCCCCCCCCCCCCCCCCCC(=O)OC(COC(=O)CC/C=C\C/C=C\C/C=C\C/C=C\C/C=C\C/C=C\CC)COC(OCC[N+](C)(C)C)C(=O)O. The molecule has 0 bridgehead atoms. The molecule has 458 valence electrons. The molecule has 81 heavy (non-hydrogen) atoms. The Balaban J connectivity index is 4.17. The summed E-state index contributed by atoms with van der Waals surface area (Å²) >= 11 is 0. The van der Waals surface area contributed by atoms with E-state index in [0.717, 1.165) is 96.3 Å². The molecule has 9 nitrogen and oxygen atoms in total. The molecule has 1 N–H and O–H groups in total. The minimum absolute atomic E-state index is 0.170. The van der Waals surface area contributed by atoms with Crippen LogP contribution in [0.3, 0.4) is 0 Å². The summed E-state index contributed by atoms with van der Waals surface area (Å²) in [5, 5.41) is 9.71. The molecule has 0 aliphatic heterocycles. The van der Waals surface area contributed by atoms with E-state index in [2.05, 4.69) is 148 Å². The third kappa shape index (κ3) is 62.6. The van der Waals surface area contributed by atoms with E-state index in [1.54, 1.807) is 0 Å². The van der Waals surface area contributed by atoms with Crippen LogP contribution in [-0.2, 0) is 33.3 Å². The standard InChI is InChI=1S/C72H117NO8/c1-6-8-10-12-14-16-18-20-22-24-26-27-28-29-30-31-32-33-34-35-36-37-38-39-40-41-42-43-45-47-49-51-53-55-57-59-61-63-70(75)81-68(67-80-72(71(76)77)78-65-64-73(3,4)5)66-79-69(74)62-60-58-56-54-52-50-48-46-44-25-23-21-19-17-15-13-11-9-7-2/h8-11,14-17,20-23,26-27,29-30,32-33,44,46,50,52,56,58,68,72H,6-7,12-13,18-19,24-25,28,31,34-43,45,47-49,51,53-55,57,59-67H2,1-5H3/p+1/b10-8-,11-9-,16-14-,17-15-,22-20-,23-21-,27-26-,30-29-,33-32-,46-44-,52-50-,58-56-. The van der Waals surface area contributed by atoms with Gasteiger partial charge in [0.2, 0.25) is 0 Å². The van der Waals surface area contributed by atoms with E-state index >= 15 is 0 Å². The lowest BCUT2D eigenvalue weighted by molar-refractivity contribution is -0.870. The molecule has 2 unspecified atom stereocenters. The van der Waals surface area contributed by atoms with Gasteiger partial charge in [-0.25, -0.2) is 4.79 Å². The Morgan fingerprint density at radius 3 is 1.04 bits per heavy atom. The quantitative estimate of drug-likeness (QED) is 0.0211. The maximum Gasteiger partial charge on any atom is 0.361 e. The highest BCUT2D eigenvalue weighted by Gasteiger charge is 2.25. The van der Waals surface area contributed by atoms with Crippen molar-refractivity contribution < 1.29 is 42.9 Å². The van der Waals surface area contributed by atoms with Crippen molar-refractivity contribution in [3.05, 3.63) is 146 Å². The number of aliphatic carboxylic acids is 1. The van der Waals surface area contributed by atoms with Crippen molar-refractivity contribution in [3.63, 3.8) is 0 Å². The molecule has 0 heterocycles. The van der Waals surface area contributed by atoms with Crippen molar-refractivity contribution >= 4 is 17.9 Å². The monoisotopic (exact) mass is 1120 g/mol. The van der Waals surface area contributed by atoms with Crippen molar-refractivity contribution in [3.8, 4) is 0 Å². The Kier molecular flexibility index (Phi) is 57.6. The predicted molar refractivity (Wildman–Crippen MR) is 345 cm³/mol. The van der Waals surface area contributed by atoms with Crippen LogP contribution in [0.15, 0.2) is 146 Å². The van der Waals surface area contributed by atoms with E-state index in [1.807, 2.05) is 33.3 Å². The molecule has 2 atom stereocenters. The van der Waals surface area contributed by atoms with Gasteiger partial charge >= 0.3 is 17.9 Å². The second-order valence-electron chi connectivity index (χ2n) is 22.0. The van der Waals surface area contributed by atoms with Crippen molar-refractivity contribution in [2.75, 3.05) is 47.5 Å². The molecule has 0 fully saturated rings. The zero-order valence-electron chi connectivity index (χ0n) is 52.1. The maximum atomic E-state index is 12.9. The van der Waals surface area contributed by atoms with Gasteiger partial charge in [0.25, 0.3) is 6.29 Å². The largest absolute Gasteiger partial charge is 0.477 e. The van der Waals surface area contributed by atoms with Crippen molar-refractivity contribution in [2.24, 2.45) is 0 Å². The van der Waals surface area contributed by atoms with Crippen molar-refractivity contribution in [2.45, 2.75) is 245 Å². The molecule has 0 saturated carbocycles. The third-order valence-corrected chi connectivity index (χ3v) is 13.1. The molecule has 0 saturated heterocycles. The molecular formula is C72H118NO8+. The Morgan fingerprint density at radius 2 is 0.691 bits per heavy atom. The normalized spacial score (nSPS) is 13.7. The summed E-state index contributed by atoms with van der Waals surface area (Å²) in [5.74, 6) is -2.12. The van der Waals surface area contributed by atoms with Crippen LogP contribution >= 0.6 is 0 Å². The number of carboxylic acids is 1. The summed E-state index contributed by atoms with van der Waals surface area (Å²) in [7, 11) is 5.94. The van der Waals surface area contributed by atoms with Crippen LogP contribution in [0.4, 0.5) is 0 Å². The summed E-state index contributed by atoms with van der Waals surface area (Å²) in [4.78, 5) is 37.4. The number of hydrogen-bond donors (Lipinski definition) is 1. The number of unbranched alkanes of at least 4 members (excludes halogenated alkanes) is 18. The molecule has 0 aromatic carbocycles. The first-order valence-corrected chi connectivity index (χ1v) is 32.0. The first kappa shape index (κ1) is 76.2. The minimum atomic E-state index is -1.53. The van der Waals surface area contributed by atoms with E-state index in [9.17, 15) is 19.5 Å². The van der Waals surface area contributed by atoms with Gasteiger partial charge in [0.05, 0.1) is 34.4 Å². The zero-order valence-corrected chi connectivity index (χ0v) is 52.1. The maximum absolute atomic E-state index is 12.9. The number of ether oxygens (including phenoxy) is 4. The zero-order chi connectivity index (χ0) is 59.1. The van der Waals surface area contributed by atoms with E-state index in [0.29, 0.717) is 23.9 Å². The fourth-order valence-electron chi connectivity index (χ4n) is 8.28. The molecule has 0 aromatic heterocycles. The molecule has 0 spiro atoms. The van der Waals surface area contributed by atoms with Gasteiger partial charge in [-0.05, 0) is 103 Å². The van der Waals surface area contributed by atoms with Gasteiger partial charge in [-0.1, -0.05) is 262 Å². The highest BCUT2D eigenvalue weighted by molar-refractivity contribution is 5.71. The molecular weight excluding hydrogens is 1010 g/mol. The van der Waals surface area contributed by atoms with Crippen LogP contribution in [-0.4, -0.2) is 87.4 Å². The Hall–Kier alpha value is -4.83. The van der Waals surface area contributed by atoms with Gasteiger partial charge in [0.1, 0.15) is 13.2 Å². The molecule has 0 aromatic rings. The highest BCUT2D eigenvalue weighted by atomic mass is 16.7. The van der Waals surface area contributed by atoms with Crippen LogP contribution in [0.2, 0.25) is 0 Å². The fourth-order valence-corrected chi connectivity index (χ4v) is 8.28. The summed E-state index contributed by atoms with van der Waals surface area (Å²) in [6.45, 7) is 4.55. The number of quaternary nitrogens is 1. The van der Waals surface area contributed by atoms with Crippen LogP contribution in [0, 0.1) is 0 Å². The molecule has 9 heteroatoms. The van der Waals surface area contributed by atoms with Crippen LogP contribution < -0.4 is 0 Å². The number of carbonyl (C=O) groups is 3. The average Bonchev–Trinajstić information content (AvgIpc) is 3.44. The highest BCUT2D eigenvalue weighted by Crippen LogP contribution is 2.16. The van der Waals surface area contributed by atoms with Crippen LogP contribution in [0.5, 0.6) is 0 Å². The lowest BCUT2D eigenvalue weighted by atomic mass is 10.0. The Labute approximate surface area is 496 Å². The third-order valence-electron chi connectivity index (χ3n) is 13.1. The predicted octanol–water partition coefficient (Wildman–Crippen LogP) is 19.6. The number of hydrogen-bond acceptors (Lipinski definition) is 7. The first-order chi connectivity index (χ1) is 39.6. The van der Waals surface area contributed by atoms with Crippen molar-refractivity contribution in [1.82, 2.24) is 0 Å². The van der Waals surface area contributed by atoms with Gasteiger partial charge in [-0.15, -0.1) is 0 Å². The lowest BCUT2D eigenvalue weighted by Gasteiger charge is -2.25. The molecule has 0 amide bonds. The van der Waals surface area contributed by atoms with E-state index in [1.165, 1.54) is 96.3 Å². The number of allylic oxidation sites excluding steroid dienone is 24. The number of rotatable bonds is 57. The number of likely N-dealkylation sites (N-methyl/N-ethyl adjacent to an activating group) is 1. The summed E-state index contributed by atoms with van der Waals surface area (Å²) < 4.78 is 22.8. The van der Waals surface area contributed by atoms with Crippen LogP contribution in [0.1, 0.15) is 232 Å². The Bertz CT molecular complexity index is 1840. The second kappa shape index (κ2) is 61.2. The molecule has 0 aliphatic rings. The van der Waals surface area contributed by atoms with Gasteiger partial charge in [-0.2, -0.15) is 0 Å². The summed E-state index contributed by atoms with van der Waals surface area (Å²) in [6, 6.07) is 0. The van der Waals surface area contributed by atoms with E-state index in [-0.39, 0.29) is 32.7 Å². The average molecular weight is 1130 g/mol. The molecule has 0 rings (SSSR count).